The lowest BCUT2D eigenvalue weighted by atomic mass is 9.68. The summed E-state index contributed by atoms with van der Waals surface area (Å²) in [6.07, 6.45) is 0. The minimum Gasteiger partial charge on any atom is -0.314 e. The molecule has 3 aromatic rings. The van der Waals surface area contributed by atoms with Crippen molar-refractivity contribution in [1.29, 1.82) is 0 Å². The van der Waals surface area contributed by atoms with E-state index in [4.69, 9.17) is 0 Å². The number of benzene rings is 3. The van der Waals surface area contributed by atoms with Crippen molar-refractivity contribution < 1.29 is 28.0 Å². The topological polar surface area (TPSA) is 74.8 Å². The van der Waals surface area contributed by atoms with Gasteiger partial charge >= 0.3 is 0 Å². The van der Waals surface area contributed by atoms with Crippen molar-refractivity contribution in [2.75, 3.05) is 23.9 Å². The third-order valence-electron chi connectivity index (χ3n) is 6.87. The van der Waals surface area contributed by atoms with Crippen LogP contribution in [0.5, 0.6) is 0 Å². The Morgan fingerprint density at radius 2 is 1.11 bits per heavy atom. The van der Waals surface area contributed by atoms with Crippen LogP contribution in [0.25, 0.3) is 0 Å². The predicted octanol–water partition coefficient (Wildman–Crippen LogP) is 4.00. The van der Waals surface area contributed by atoms with Crippen LogP contribution in [0.3, 0.4) is 0 Å². The third kappa shape index (κ3) is 3.36. The average Bonchev–Trinajstić information content (AvgIpc) is 2.87. The van der Waals surface area contributed by atoms with Crippen molar-refractivity contribution in [3.8, 4) is 0 Å². The first-order chi connectivity index (χ1) is 16.7. The molecule has 5 rings (SSSR count). The van der Waals surface area contributed by atoms with Gasteiger partial charge in [0.25, 0.3) is 0 Å². The van der Waals surface area contributed by atoms with Crippen molar-refractivity contribution in [3.63, 3.8) is 0 Å². The molecule has 0 saturated heterocycles. The number of amides is 2. The molecule has 0 saturated carbocycles. The molecule has 0 radical (unpaired) electrons. The maximum atomic E-state index is 14.4. The fourth-order valence-electron chi connectivity index (χ4n) is 5.09. The number of hydrogen-bond donors (Lipinski definition) is 0. The summed E-state index contributed by atoms with van der Waals surface area (Å²) in [5.41, 5.74) is 1.30. The summed E-state index contributed by atoms with van der Waals surface area (Å²) in [4.78, 5) is 57.0. The van der Waals surface area contributed by atoms with E-state index in [0.717, 1.165) is 12.1 Å². The van der Waals surface area contributed by atoms with Gasteiger partial charge in [-0.05, 0) is 42.0 Å². The van der Waals surface area contributed by atoms with Crippen LogP contribution in [0.15, 0.2) is 66.7 Å². The normalized spacial score (nSPS) is 19.8. The third-order valence-corrected chi connectivity index (χ3v) is 6.87. The summed E-state index contributed by atoms with van der Waals surface area (Å²) in [7, 11) is 2.99. The summed E-state index contributed by atoms with van der Waals surface area (Å²) in [6, 6.07) is 15.9. The summed E-state index contributed by atoms with van der Waals surface area (Å²) < 4.78 is 28.2. The Kier molecular flexibility index (Phi) is 5.31. The SMILES string of the molecule is CN1C(=O)[C@@H](C(c2ccc(F)c(F)c2)[C@H]2C(=O)c3ccccc3N(C)C2=O)C(=O)c2ccccc21. The standard InChI is InChI=1S/C27H20F2N2O4/c1-30-19-9-5-3-7-15(19)24(32)22(26(30)34)21(14-11-12-17(28)18(29)13-14)23-25(33)16-8-4-6-10-20(16)31(2)27(23)35/h3-13,21-23H,1-2H3/t22-,23-/m0/s1. The monoisotopic (exact) mass is 474 g/mol. The lowest BCUT2D eigenvalue weighted by molar-refractivity contribution is -0.124. The highest BCUT2D eigenvalue weighted by Gasteiger charge is 2.52. The molecule has 0 aliphatic carbocycles. The largest absolute Gasteiger partial charge is 0.314 e. The second-order valence-electron chi connectivity index (χ2n) is 8.71. The van der Waals surface area contributed by atoms with E-state index in [-0.39, 0.29) is 16.7 Å². The molecule has 2 aliphatic heterocycles. The average molecular weight is 474 g/mol. The first-order valence-corrected chi connectivity index (χ1v) is 11.0. The van der Waals surface area contributed by atoms with Gasteiger partial charge in [-0.2, -0.15) is 0 Å². The molecule has 0 aromatic heterocycles. The zero-order valence-corrected chi connectivity index (χ0v) is 18.9. The molecule has 6 nitrogen and oxygen atoms in total. The van der Waals surface area contributed by atoms with Gasteiger partial charge in [0.2, 0.25) is 11.8 Å². The molecule has 2 atom stereocenters. The maximum absolute atomic E-state index is 14.4. The van der Waals surface area contributed by atoms with Crippen molar-refractivity contribution in [1.82, 2.24) is 0 Å². The number of ketones is 2. The molecule has 2 amide bonds. The van der Waals surface area contributed by atoms with Crippen molar-refractivity contribution in [2.24, 2.45) is 11.8 Å². The smallest absolute Gasteiger partial charge is 0.238 e. The number of rotatable bonds is 3. The molecule has 0 unspecified atom stereocenters. The van der Waals surface area contributed by atoms with E-state index in [9.17, 15) is 28.0 Å². The summed E-state index contributed by atoms with van der Waals surface area (Å²) in [6.45, 7) is 0. The Balaban J connectivity index is 1.73. The summed E-state index contributed by atoms with van der Waals surface area (Å²) in [5.74, 6) is -9.09. The second kappa shape index (κ2) is 8.23. The van der Waals surface area contributed by atoms with Gasteiger partial charge in [0.1, 0.15) is 11.8 Å². The number of nitrogens with zero attached hydrogens (tertiary/aromatic N) is 2. The van der Waals surface area contributed by atoms with Gasteiger partial charge in [0.15, 0.2) is 23.2 Å². The highest BCUT2D eigenvalue weighted by atomic mass is 19.2. The highest BCUT2D eigenvalue weighted by molar-refractivity contribution is 6.25. The van der Waals surface area contributed by atoms with E-state index in [0.29, 0.717) is 11.4 Å². The Bertz CT molecular complexity index is 1340. The lowest BCUT2D eigenvalue weighted by Crippen LogP contribution is -2.52. The summed E-state index contributed by atoms with van der Waals surface area (Å²) in [5, 5.41) is 0. The van der Waals surface area contributed by atoms with Crippen molar-refractivity contribution in [3.05, 3.63) is 95.1 Å². The number of fused-ring (bicyclic) bond motifs is 2. The van der Waals surface area contributed by atoms with E-state index < -0.39 is 52.8 Å². The fourth-order valence-corrected chi connectivity index (χ4v) is 5.09. The van der Waals surface area contributed by atoms with Crippen LogP contribution in [0.4, 0.5) is 20.2 Å². The molecular weight excluding hydrogens is 454 g/mol. The van der Waals surface area contributed by atoms with Crippen LogP contribution in [0.1, 0.15) is 32.2 Å². The Labute approximate surface area is 199 Å². The van der Waals surface area contributed by atoms with Crippen LogP contribution >= 0.6 is 0 Å². The quantitative estimate of drug-likeness (QED) is 0.538. The van der Waals surface area contributed by atoms with E-state index in [2.05, 4.69) is 0 Å². The van der Waals surface area contributed by atoms with E-state index in [1.54, 1.807) is 48.5 Å². The van der Waals surface area contributed by atoms with Gasteiger partial charge in [-0.1, -0.05) is 30.3 Å². The first-order valence-electron chi connectivity index (χ1n) is 11.0. The molecule has 3 aromatic carbocycles. The zero-order valence-electron chi connectivity index (χ0n) is 18.9. The number of carbonyl (C=O) groups excluding carboxylic acids is 4. The minimum absolute atomic E-state index is 0.0165. The van der Waals surface area contributed by atoms with Crippen molar-refractivity contribution >= 4 is 34.8 Å². The maximum Gasteiger partial charge on any atom is 0.238 e. The molecule has 8 heteroatoms. The number of para-hydroxylation sites is 2. The Morgan fingerprint density at radius 1 is 0.657 bits per heavy atom. The van der Waals surface area contributed by atoms with Crippen molar-refractivity contribution in [2.45, 2.75) is 5.92 Å². The van der Waals surface area contributed by atoms with Gasteiger partial charge in [0.05, 0.1) is 11.4 Å². The van der Waals surface area contributed by atoms with Crippen LogP contribution in [-0.4, -0.2) is 37.5 Å². The number of halogens is 2. The van der Waals surface area contributed by atoms with E-state index in [1.165, 1.54) is 30.0 Å². The first kappa shape index (κ1) is 22.6. The molecule has 2 aliphatic rings. The van der Waals surface area contributed by atoms with Crippen LogP contribution in [0, 0.1) is 23.5 Å². The predicted molar refractivity (Wildman–Crippen MR) is 124 cm³/mol. The number of carbonyl (C=O) groups is 4. The summed E-state index contributed by atoms with van der Waals surface area (Å²) >= 11 is 0. The molecule has 176 valence electrons. The van der Waals surface area contributed by atoms with E-state index in [1.807, 2.05) is 0 Å². The number of anilines is 2. The van der Waals surface area contributed by atoms with Gasteiger partial charge in [-0.25, -0.2) is 8.78 Å². The second-order valence-corrected chi connectivity index (χ2v) is 8.71. The van der Waals surface area contributed by atoms with Gasteiger partial charge in [0, 0.05) is 31.1 Å². The molecule has 2 heterocycles. The molecule has 35 heavy (non-hydrogen) atoms. The zero-order chi connectivity index (χ0) is 25.0. The highest BCUT2D eigenvalue weighted by Crippen LogP contribution is 2.45. The molecule has 0 N–H and O–H groups in total. The molecule has 0 fully saturated rings. The van der Waals surface area contributed by atoms with Crippen LogP contribution in [-0.2, 0) is 9.59 Å². The Morgan fingerprint density at radius 3 is 1.57 bits per heavy atom. The number of hydrogen-bond acceptors (Lipinski definition) is 4. The van der Waals surface area contributed by atoms with E-state index >= 15 is 0 Å². The van der Waals surface area contributed by atoms with Gasteiger partial charge in [-0.3, -0.25) is 19.2 Å². The Hall–Kier alpha value is -4.20. The van der Waals surface area contributed by atoms with Gasteiger partial charge < -0.3 is 9.80 Å². The molecular formula is C27H20F2N2O4. The molecule has 0 spiro atoms. The van der Waals surface area contributed by atoms with Gasteiger partial charge in [-0.15, -0.1) is 0 Å². The molecule has 0 bridgehead atoms. The number of Topliss-reactive ketones (excluding diaryl/α,β-unsaturated/α-hetero) is 2. The fraction of sp³-hybridized carbons (Fsp3) is 0.185. The van der Waals surface area contributed by atoms with Crippen LogP contribution < -0.4 is 9.80 Å². The lowest BCUT2D eigenvalue weighted by Gasteiger charge is -2.40. The van der Waals surface area contributed by atoms with Crippen LogP contribution in [0.2, 0.25) is 0 Å². The minimum atomic E-state index is -1.49.